The van der Waals surface area contributed by atoms with Crippen LogP contribution in [0.15, 0.2) is 61.1 Å². The van der Waals surface area contributed by atoms with Crippen LogP contribution in [0.2, 0.25) is 0 Å². The standard InChI is InChI=1S/C21H19F4N3O2/c22-19-7-9-26-12-18(19)17-2-1-10-28(20(17)27-11-8-15(29)13-27)14-3-5-16(6-4-14)30-21(23,24)25/h1-7,9-10,12,15,20,29H,8,11,13H2/t15?,20-/m1/s1. The molecular formula is C21H19F4N3O2. The maximum atomic E-state index is 14.5. The first kappa shape index (κ1) is 20.4. The third kappa shape index (κ3) is 4.31. The Bertz CT molecular complexity index is 959. The number of likely N-dealkylation sites (tertiary alicyclic amines) is 1. The smallest absolute Gasteiger partial charge is 0.406 e. The Morgan fingerprint density at radius 2 is 1.90 bits per heavy atom. The number of halogens is 4. The largest absolute Gasteiger partial charge is 0.573 e. The molecule has 1 saturated heterocycles. The number of aliphatic hydroxyl groups is 1. The fraction of sp³-hybridized carbons (Fsp3) is 0.286. The first-order valence-corrected chi connectivity index (χ1v) is 9.36. The number of allylic oxidation sites excluding steroid dienone is 2. The minimum Gasteiger partial charge on any atom is -0.406 e. The Morgan fingerprint density at radius 3 is 2.53 bits per heavy atom. The molecule has 30 heavy (non-hydrogen) atoms. The Balaban J connectivity index is 1.69. The van der Waals surface area contributed by atoms with Crippen LogP contribution in [0.4, 0.5) is 23.2 Å². The van der Waals surface area contributed by atoms with Gasteiger partial charge in [-0.2, -0.15) is 0 Å². The van der Waals surface area contributed by atoms with E-state index in [9.17, 15) is 22.7 Å². The Labute approximate surface area is 170 Å². The van der Waals surface area contributed by atoms with Gasteiger partial charge in [0.25, 0.3) is 0 Å². The second-order valence-electron chi connectivity index (χ2n) is 7.08. The molecule has 2 aliphatic rings. The highest BCUT2D eigenvalue weighted by Crippen LogP contribution is 2.36. The predicted octanol–water partition coefficient (Wildman–Crippen LogP) is 3.93. The van der Waals surface area contributed by atoms with E-state index in [0.29, 0.717) is 36.3 Å². The van der Waals surface area contributed by atoms with Crippen LogP contribution in [0.25, 0.3) is 5.57 Å². The number of nitrogens with zero attached hydrogens (tertiary/aromatic N) is 3. The van der Waals surface area contributed by atoms with Crippen LogP contribution in [0.1, 0.15) is 12.0 Å². The van der Waals surface area contributed by atoms with Crippen molar-refractivity contribution in [1.82, 2.24) is 9.88 Å². The van der Waals surface area contributed by atoms with Gasteiger partial charge in [-0.05, 0) is 42.8 Å². The zero-order valence-electron chi connectivity index (χ0n) is 15.8. The quantitative estimate of drug-likeness (QED) is 0.759. The molecule has 1 fully saturated rings. The average molecular weight is 421 g/mol. The minimum atomic E-state index is -4.77. The molecule has 1 aromatic carbocycles. The van der Waals surface area contributed by atoms with E-state index in [0.717, 1.165) is 0 Å². The summed E-state index contributed by atoms with van der Waals surface area (Å²) < 4.78 is 55.8. The van der Waals surface area contributed by atoms with Crippen molar-refractivity contribution in [2.45, 2.75) is 25.1 Å². The monoisotopic (exact) mass is 421 g/mol. The van der Waals surface area contributed by atoms with Gasteiger partial charge in [0.15, 0.2) is 0 Å². The summed E-state index contributed by atoms with van der Waals surface area (Å²) in [6, 6.07) is 6.75. The Kier molecular flexibility index (Phi) is 5.48. The normalized spacial score (nSPS) is 22.3. The van der Waals surface area contributed by atoms with E-state index in [2.05, 4.69) is 9.72 Å². The van der Waals surface area contributed by atoms with E-state index in [-0.39, 0.29) is 5.75 Å². The summed E-state index contributed by atoms with van der Waals surface area (Å²) in [7, 11) is 0. The van der Waals surface area contributed by atoms with Gasteiger partial charge in [-0.25, -0.2) is 4.39 Å². The van der Waals surface area contributed by atoms with Crippen molar-refractivity contribution < 1.29 is 27.4 Å². The molecule has 0 bridgehead atoms. The molecule has 5 nitrogen and oxygen atoms in total. The lowest BCUT2D eigenvalue weighted by molar-refractivity contribution is -0.274. The second kappa shape index (κ2) is 8.08. The van der Waals surface area contributed by atoms with Crippen molar-refractivity contribution in [3.63, 3.8) is 0 Å². The predicted molar refractivity (Wildman–Crippen MR) is 103 cm³/mol. The first-order valence-electron chi connectivity index (χ1n) is 9.36. The second-order valence-corrected chi connectivity index (χ2v) is 7.08. The summed E-state index contributed by atoms with van der Waals surface area (Å²) in [4.78, 5) is 7.86. The van der Waals surface area contributed by atoms with Gasteiger partial charge < -0.3 is 14.7 Å². The third-order valence-corrected chi connectivity index (χ3v) is 5.05. The minimum absolute atomic E-state index is 0.325. The highest BCUT2D eigenvalue weighted by atomic mass is 19.4. The summed E-state index contributed by atoms with van der Waals surface area (Å²) >= 11 is 0. The van der Waals surface area contributed by atoms with E-state index in [1.165, 1.54) is 42.7 Å². The van der Waals surface area contributed by atoms with Gasteiger partial charge in [0.05, 0.1) is 6.10 Å². The topological polar surface area (TPSA) is 48.8 Å². The molecular weight excluding hydrogens is 402 g/mol. The molecule has 0 aliphatic carbocycles. The highest BCUT2D eigenvalue weighted by Gasteiger charge is 2.36. The SMILES string of the molecule is OC1CCN([C@H]2C(c3cnccc3F)=CC=CN2c2ccc(OC(F)(F)F)cc2)C1. The van der Waals surface area contributed by atoms with Crippen LogP contribution in [-0.4, -0.2) is 46.7 Å². The van der Waals surface area contributed by atoms with Crippen LogP contribution in [0.3, 0.4) is 0 Å². The van der Waals surface area contributed by atoms with E-state index < -0.39 is 24.4 Å². The number of ether oxygens (including phenoxy) is 1. The fourth-order valence-electron chi connectivity index (χ4n) is 3.79. The van der Waals surface area contributed by atoms with Crippen molar-refractivity contribution >= 4 is 11.3 Å². The third-order valence-electron chi connectivity index (χ3n) is 5.05. The van der Waals surface area contributed by atoms with Gasteiger partial charge in [-0.15, -0.1) is 13.2 Å². The molecule has 2 aromatic rings. The number of hydrogen-bond donors (Lipinski definition) is 1. The number of hydrogen-bond acceptors (Lipinski definition) is 5. The number of rotatable bonds is 4. The van der Waals surface area contributed by atoms with E-state index in [1.807, 2.05) is 9.80 Å². The van der Waals surface area contributed by atoms with Crippen LogP contribution in [0.5, 0.6) is 5.75 Å². The average Bonchev–Trinajstić information content (AvgIpc) is 3.13. The van der Waals surface area contributed by atoms with Crippen LogP contribution in [0, 0.1) is 5.82 Å². The first-order chi connectivity index (χ1) is 14.3. The molecule has 0 saturated carbocycles. The summed E-state index contributed by atoms with van der Waals surface area (Å²) in [5.74, 6) is -0.750. The van der Waals surface area contributed by atoms with E-state index in [4.69, 9.17) is 0 Å². The van der Waals surface area contributed by atoms with Crippen LogP contribution < -0.4 is 9.64 Å². The zero-order chi connectivity index (χ0) is 21.3. The van der Waals surface area contributed by atoms with Crippen LogP contribution in [-0.2, 0) is 0 Å². The van der Waals surface area contributed by atoms with Crippen molar-refractivity contribution in [2.75, 3.05) is 18.0 Å². The maximum Gasteiger partial charge on any atom is 0.573 e. The Hall–Kier alpha value is -2.91. The maximum absolute atomic E-state index is 14.5. The molecule has 4 rings (SSSR count). The molecule has 0 radical (unpaired) electrons. The molecule has 9 heteroatoms. The Morgan fingerprint density at radius 1 is 1.13 bits per heavy atom. The molecule has 0 amide bonds. The summed E-state index contributed by atoms with van der Waals surface area (Å²) in [5.41, 5.74) is 1.57. The van der Waals surface area contributed by atoms with Gasteiger partial charge >= 0.3 is 6.36 Å². The summed E-state index contributed by atoms with van der Waals surface area (Å²) in [5, 5.41) is 10.0. The van der Waals surface area contributed by atoms with Crippen molar-refractivity contribution in [3.8, 4) is 5.75 Å². The number of pyridine rings is 1. The number of benzene rings is 1. The highest BCUT2D eigenvalue weighted by molar-refractivity contribution is 5.77. The molecule has 1 aromatic heterocycles. The number of alkyl halides is 3. The lowest BCUT2D eigenvalue weighted by Crippen LogP contribution is -2.47. The number of anilines is 1. The van der Waals surface area contributed by atoms with Gasteiger partial charge in [0.1, 0.15) is 17.7 Å². The van der Waals surface area contributed by atoms with Crippen molar-refractivity contribution in [2.24, 2.45) is 0 Å². The van der Waals surface area contributed by atoms with E-state index >= 15 is 0 Å². The lowest BCUT2D eigenvalue weighted by atomic mass is 9.99. The van der Waals surface area contributed by atoms with Crippen molar-refractivity contribution in [3.05, 3.63) is 72.5 Å². The molecule has 1 N–H and O–H groups in total. The number of aliphatic hydroxyl groups excluding tert-OH is 1. The van der Waals surface area contributed by atoms with Crippen molar-refractivity contribution in [1.29, 1.82) is 0 Å². The van der Waals surface area contributed by atoms with Crippen LogP contribution >= 0.6 is 0 Å². The molecule has 3 heterocycles. The van der Waals surface area contributed by atoms with Gasteiger partial charge in [-0.3, -0.25) is 9.88 Å². The summed E-state index contributed by atoms with van der Waals surface area (Å²) in [6.07, 6.45) is 2.96. The number of β-amino-alcohol motifs (C(OH)–C–C–N with tert-alkyl or cyclic N) is 1. The van der Waals surface area contributed by atoms with Gasteiger partial charge in [-0.1, -0.05) is 6.08 Å². The molecule has 158 valence electrons. The molecule has 0 spiro atoms. The molecule has 1 unspecified atom stereocenters. The van der Waals surface area contributed by atoms with E-state index in [1.54, 1.807) is 18.4 Å². The molecule has 2 aliphatic heterocycles. The zero-order valence-corrected chi connectivity index (χ0v) is 15.8. The van der Waals surface area contributed by atoms with Gasteiger partial charge in [0, 0.05) is 48.5 Å². The molecule has 2 atom stereocenters. The number of aromatic nitrogens is 1. The van der Waals surface area contributed by atoms with Gasteiger partial charge in [0.2, 0.25) is 0 Å². The lowest BCUT2D eigenvalue weighted by Gasteiger charge is -2.40. The fourth-order valence-corrected chi connectivity index (χ4v) is 3.79. The summed E-state index contributed by atoms with van der Waals surface area (Å²) in [6.45, 7) is 0.980.